The van der Waals surface area contributed by atoms with Crippen LogP contribution in [0, 0.1) is 11.8 Å². The Balaban J connectivity index is 2.34. The number of carboxylic acid groups (broad SMARTS) is 1. The number of aliphatic carboxylic acids is 1. The maximum Gasteiger partial charge on any atom is 0.303 e. The van der Waals surface area contributed by atoms with Crippen LogP contribution in [-0.2, 0) is 11.2 Å². The van der Waals surface area contributed by atoms with E-state index in [1.807, 2.05) is 6.08 Å². The Morgan fingerprint density at radius 3 is 2.77 bits per heavy atom. The molecule has 0 radical (unpaired) electrons. The van der Waals surface area contributed by atoms with Crippen LogP contribution in [0.1, 0.15) is 69.8 Å². The number of furan rings is 1. The summed E-state index contributed by atoms with van der Waals surface area (Å²) in [6, 6.07) is 3.45. The number of carbonyl (C=O) groups is 1. The highest BCUT2D eigenvalue weighted by Crippen LogP contribution is 2.12. The second-order valence-corrected chi connectivity index (χ2v) is 6.40. The molecule has 144 valence electrons. The van der Waals surface area contributed by atoms with Crippen molar-refractivity contribution in [3.8, 4) is 11.8 Å². The quantitative estimate of drug-likeness (QED) is 0.300. The Hall–Kier alpha value is -2.03. The highest BCUT2D eigenvalue weighted by atomic mass is 16.4. The SMILES string of the molecule is CCCCC/C=C\CC(O)C#Cc1ccc(CC(O)CCCC(=O)O)o1. The Kier molecular flexibility index (Phi) is 11.2. The molecule has 0 aromatic carbocycles. The van der Waals surface area contributed by atoms with E-state index in [4.69, 9.17) is 9.52 Å². The lowest BCUT2D eigenvalue weighted by atomic mass is 10.1. The Morgan fingerprint density at radius 1 is 1.23 bits per heavy atom. The third-order valence-corrected chi connectivity index (χ3v) is 3.89. The van der Waals surface area contributed by atoms with Gasteiger partial charge in [0.2, 0.25) is 0 Å². The van der Waals surface area contributed by atoms with E-state index < -0.39 is 18.2 Å². The first kappa shape index (κ1) is 22.0. The van der Waals surface area contributed by atoms with Crippen molar-refractivity contribution in [2.45, 2.75) is 76.9 Å². The van der Waals surface area contributed by atoms with Crippen LogP contribution in [0.5, 0.6) is 0 Å². The summed E-state index contributed by atoms with van der Waals surface area (Å²) in [5, 5.41) is 28.3. The van der Waals surface area contributed by atoms with E-state index in [1.54, 1.807) is 12.1 Å². The fraction of sp³-hybridized carbons (Fsp3) is 0.571. The Bertz CT molecular complexity index is 605. The number of carboxylic acids is 1. The second-order valence-electron chi connectivity index (χ2n) is 6.40. The molecule has 0 aliphatic heterocycles. The van der Waals surface area contributed by atoms with Crippen molar-refractivity contribution < 1.29 is 24.5 Å². The van der Waals surface area contributed by atoms with E-state index in [-0.39, 0.29) is 6.42 Å². The minimum atomic E-state index is -0.859. The van der Waals surface area contributed by atoms with Crippen molar-refractivity contribution in [3.63, 3.8) is 0 Å². The molecule has 2 unspecified atom stereocenters. The monoisotopic (exact) mass is 362 g/mol. The zero-order valence-corrected chi connectivity index (χ0v) is 15.5. The number of hydrogen-bond acceptors (Lipinski definition) is 4. The van der Waals surface area contributed by atoms with E-state index in [0.29, 0.717) is 37.2 Å². The van der Waals surface area contributed by atoms with E-state index in [9.17, 15) is 15.0 Å². The summed E-state index contributed by atoms with van der Waals surface area (Å²) < 4.78 is 5.52. The number of aliphatic hydroxyl groups is 2. The van der Waals surface area contributed by atoms with E-state index in [1.165, 1.54) is 19.3 Å². The predicted octanol–water partition coefficient (Wildman–Crippen LogP) is 3.68. The lowest BCUT2D eigenvalue weighted by molar-refractivity contribution is -0.137. The van der Waals surface area contributed by atoms with E-state index >= 15 is 0 Å². The Morgan fingerprint density at radius 2 is 2.04 bits per heavy atom. The number of rotatable bonds is 12. The van der Waals surface area contributed by atoms with Crippen LogP contribution in [-0.4, -0.2) is 33.5 Å². The summed E-state index contributed by atoms with van der Waals surface area (Å²) in [6.07, 6.45) is 9.02. The summed E-state index contributed by atoms with van der Waals surface area (Å²) in [5.74, 6) is 5.73. The molecule has 0 saturated heterocycles. The molecule has 26 heavy (non-hydrogen) atoms. The molecule has 0 aliphatic carbocycles. The standard InChI is InChI=1S/C21H30O5/c1-2-3-4-5-6-7-9-17(22)12-13-19-14-15-20(26-19)16-18(23)10-8-11-21(24)25/h6-7,14-15,17-18,22-23H,2-5,8-11,16H2,1H3,(H,24,25)/b7-6-. The molecule has 0 saturated carbocycles. The van der Waals surface area contributed by atoms with Crippen molar-refractivity contribution in [2.75, 3.05) is 0 Å². The average Bonchev–Trinajstić information content (AvgIpc) is 3.03. The highest BCUT2D eigenvalue weighted by molar-refractivity contribution is 5.66. The van der Waals surface area contributed by atoms with Gasteiger partial charge in [0.15, 0.2) is 5.76 Å². The Labute approximate surface area is 155 Å². The molecule has 0 fully saturated rings. The number of hydrogen-bond donors (Lipinski definition) is 3. The lowest BCUT2D eigenvalue weighted by Gasteiger charge is -2.07. The summed E-state index contributed by atoms with van der Waals surface area (Å²) in [5.41, 5.74) is 0. The topological polar surface area (TPSA) is 90.9 Å². The van der Waals surface area contributed by atoms with Gasteiger partial charge in [-0.25, -0.2) is 0 Å². The summed E-state index contributed by atoms with van der Waals surface area (Å²) >= 11 is 0. The van der Waals surface area contributed by atoms with Crippen LogP contribution in [0.3, 0.4) is 0 Å². The molecule has 1 aromatic rings. The van der Waals surface area contributed by atoms with Gasteiger partial charge in [-0.1, -0.05) is 37.8 Å². The van der Waals surface area contributed by atoms with Gasteiger partial charge in [-0.15, -0.1) is 0 Å². The maximum atomic E-state index is 10.5. The van der Waals surface area contributed by atoms with Gasteiger partial charge in [0.05, 0.1) is 6.10 Å². The van der Waals surface area contributed by atoms with Crippen molar-refractivity contribution in [2.24, 2.45) is 0 Å². The van der Waals surface area contributed by atoms with Gasteiger partial charge in [0, 0.05) is 19.3 Å². The van der Waals surface area contributed by atoms with Crippen molar-refractivity contribution in [1.29, 1.82) is 0 Å². The molecule has 0 spiro atoms. The lowest BCUT2D eigenvalue weighted by Crippen LogP contribution is -2.10. The van der Waals surface area contributed by atoms with Crippen molar-refractivity contribution in [1.82, 2.24) is 0 Å². The maximum absolute atomic E-state index is 10.5. The van der Waals surface area contributed by atoms with Crippen LogP contribution < -0.4 is 0 Å². The molecular formula is C21H30O5. The largest absolute Gasteiger partial charge is 0.481 e. The minimum absolute atomic E-state index is 0.0525. The van der Waals surface area contributed by atoms with Gasteiger partial charge in [0.25, 0.3) is 0 Å². The molecule has 3 N–H and O–H groups in total. The molecule has 5 nitrogen and oxygen atoms in total. The summed E-state index contributed by atoms with van der Waals surface area (Å²) in [6.45, 7) is 2.17. The highest BCUT2D eigenvalue weighted by Gasteiger charge is 2.10. The minimum Gasteiger partial charge on any atom is -0.481 e. The molecule has 0 aliphatic rings. The van der Waals surface area contributed by atoms with Gasteiger partial charge in [0.1, 0.15) is 11.9 Å². The molecule has 1 rings (SSSR count). The zero-order valence-electron chi connectivity index (χ0n) is 15.5. The molecular weight excluding hydrogens is 332 g/mol. The van der Waals surface area contributed by atoms with Gasteiger partial charge >= 0.3 is 5.97 Å². The first-order valence-electron chi connectivity index (χ1n) is 9.34. The fourth-order valence-corrected chi connectivity index (χ4v) is 2.45. The zero-order chi connectivity index (χ0) is 19.2. The smallest absolute Gasteiger partial charge is 0.303 e. The number of allylic oxidation sites excluding steroid dienone is 1. The average molecular weight is 362 g/mol. The summed E-state index contributed by atoms with van der Waals surface area (Å²) in [4.78, 5) is 10.5. The van der Waals surface area contributed by atoms with E-state index in [0.717, 1.165) is 6.42 Å². The van der Waals surface area contributed by atoms with Crippen LogP contribution in [0.25, 0.3) is 0 Å². The van der Waals surface area contributed by atoms with Gasteiger partial charge < -0.3 is 19.7 Å². The van der Waals surface area contributed by atoms with Crippen molar-refractivity contribution >= 4 is 5.97 Å². The van der Waals surface area contributed by atoms with Crippen LogP contribution in [0.15, 0.2) is 28.7 Å². The first-order valence-corrected chi connectivity index (χ1v) is 9.34. The van der Waals surface area contributed by atoms with E-state index in [2.05, 4.69) is 24.8 Å². The normalized spacial score (nSPS) is 13.3. The summed E-state index contributed by atoms with van der Waals surface area (Å²) in [7, 11) is 0. The molecule has 1 heterocycles. The fourth-order valence-electron chi connectivity index (χ4n) is 2.45. The predicted molar refractivity (Wildman–Crippen MR) is 101 cm³/mol. The van der Waals surface area contributed by atoms with Crippen molar-refractivity contribution in [3.05, 3.63) is 35.8 Å². The first-order chi connectivity index (χ1) is 12.5. The molecule has 2 atom stereocenters. The second kappa shape index (κ2) is 13.2. The van der Waals surface area contributed by atoms with Crippen LogP contribution in [0.2, 0.25) is 0 Å². The molecule has 0 amide bonds. The molecule has 1 aromatic heterocycles. The third kappa shape index (κ3) is 10.8. The van der Waals surface area contributed by atoms with Crippen LogP contribution in [0.4, 0.5) is 0 Å². The van der Waals surface area contributed by atoms with Gasteiger partial charge in [-0.2, -0.15) is 0 Å². The van der Waals surface area contributed by atoms with Gasteiger partial charge in [-0.3, -0.25) is 4.79 Å². The third-order valence-electron chi connectivity index (χ3n) is 3.89. The molecule has 5 heteroatoms. The molecule has 0 bridgehead atoms. The van der Waals surface area contributed by atoms with Crippen LogP contribution >= 0.6 is 0 Å². The van der Waals surface area contributed by atoms with Gasteiger partial charge in [-0.05, 0) is 43.7 Å². The number of unbranched alkanes of at least 4 members (excludes halogenated alkanes) is 3. The number of aliphatic hydroxyl groups excluding tert-OH is 2.